The fraction of sp³-hybridized carbons (Fsp3) is 0.385. The van der Waals surface area contributed by atoms with E-state index in [1.807, 2.05) is 0 Å². The normalized spacial score (nSPS) is 11.2. The lowest BCUT2D eigenvalue weighted by Crippen LogP contribution is -2.25. The van der Waals surface area contributed by atoms with Crippen molar-refractivity contribution in [3.8, 4) is 11.5 Å². The van der Waals surface area contributed by atoms with Gasteiger partial charge in [0.1, 0.15) is 0 Å². The minimum atomic E-state index is 0.434. The van der Waals surface area contributed by atoms with Crippen LogP contribution in [0.4, 0.5) is 0 Å². The number of hydrogen-bond acceptors (Lipinski definition) is 4. The van der Waals surface area contributed by atoms with Crippen LogP contribution in [0.5, 0.6) is 0 Å². The van der Waals surface area contributed by atoms with E-state index in [4.69, 9.17) is 27.6 Å². The lowest BCUT2D eigenvalue weighted by Gasteiger charge is -2.04. The van der Waals surface area contributed by atoms with Gasteiger partial charge in [-0.3, -0.25) is 0 Å². The summed E-state index contributed by atoms with van der Waals surface area (Å²) in [6, 6.07) is 5.60. The van der Waals surface area contributed by atoms with E-state index in [0.29, 0.717) is 34.3 Å². The molecule has 0 spiro atoms. The first-order valence-corrected chi connectivity index (χ1v) is 6.82. The molecule has 1 aromatic heterocycles. The molecule has 1 N–H and O–H groups in total. The average molecular weight is 300 g/mol. The molecule has 0 aliphatic rings. The van der Waals surface area contributed by atoms with E-state index in [0.717, 1.165) is 12.1 Å². The second-order valence-corrected chi connectivity index (χ2v) is 5.39. The van der Waals surface area contributed by atoms with Crippen LogP contribution >= 0.6 is 23.2 Å². The largest absolute Gasteiger partial charge is 0.421 e. The summed E-state index contributed by atoms with van der Waals surface area (Å²) in [6.45, 7) is 4.98. The van der Waals surface area contributed by atoms with Crippen molar-refractivity contribution in [1.82, 2.24) is 15.5 Å². The number of aromatic nitrogens is 2. The molecule has 0 atom stereocenters. The van der Waals surface area contributed by atoms with Crippen LogP contribution in [0.1, 0.15) is 19.7 Å². The van der Waals surface area contributed by atoms with Crippen LogP contribution in [0.2, 0.25) is 10.0 Å². The summed E-state index contributed by atoms with van der Waals surface area (Å²) in [5, 5.41) is 12.4. The van der Waals surface area contributed by atoms with Crippen molar-refractivity contribution in [2.75, 3.05) is 6.54 Å². The van der Waals surface area contributed by atoms with Crippen LogP contribution < -0.4 is 5.32 Å². The summed E-state index contributed by atoms with van der Waals surface area (Å²) < 4.78 is 5.58. The lowest BCUT2D eigenvalue weighted by molar-refractivity contribution is 0.484. The monoisotopic (exact) mass is 299 g/mol. The van der Waals surface area contributed by atoms with Gasteiger partial charge in [0.25, 0.3) is 0 Å². The summed E-state index contributed by atoms with van der Waals surface area (Å²) in [4.78, 5) is 0. The molecule has 0 saturated carbocycles. The summed E-state index contributed by atoms with van der Waals surface area (Å²) in [5.41, 5.74) is 0.730. The quantitative estimate of drug-likeness (QED) is 0.917. The summed E-state index contributed by atoms with van der Waals surface area (Å²) in [7, 11) is 0. The smallest absolute Gasteiger partial charge is 0.247 e. The van der Waals surface area contributed by atoms with Crippen LogP contribution in [-0.4, -0.2) is 22.8 Å². The Morgan fingerprint density at radius 2 is 1.84 bits per heavy atom. The number of rotatable bonds is 5. The lowest BCUT2D eigenvalue weighted by atomic mass is 10.2. The number of benzene rings is 1. The van der Waals surface area contributed by atoms with Crippen molar-refractivity contribution in [1.29, 1.82) is 0 Å². The fourth-order valence-corrected chi connectivity index (χ4v) is 2.14. The molecule has 0 aliphatic heterocycles. The van der Waals surface area contributed by atoms with E-state index < -0.39 is 0 Å². The number of nitrogens with zero attached hydrogens (tertiary/aromatic N) is 2. The fourth-order valence-electron chi connectivity index (χ4n) is 1.62. The first-order valence-electron chi connectivity index (χ1n) is 6.07. The van der Waals surface area contributed by atoms with E-state index in [9.17, 15) is 0 Å². The van der Waals surface area contributed by atoms with Gasteiger partial charge in [0.15, 0.2) is 0 Å². The van der Waals surface area contributed by atoms with Gasteiger partial charge in [-0.2, -0.15) is 0 Å². The molecule has 0 bridgehead atoms. The molecular weight excluding hydrogens is 285 g/mol. The van der Waals surface area contributed by atoms with Gasteiger partial charge >= 0.3 is 0 Å². The van der Waals surface area contributed by atoms with E-state index in [1.165, 1.54) is 0 Å². The van der Waals surface area contributed by atoms with Crippen LogP contribution in [0.3, 0.4) is 0 Å². The molecule has 0 aliphatic carbocycles. The third-order valence-electron chi connectivity index (χ3n) is 2.47. The first kappa shape index (κ1) is 14.3. The summed E-state index contributed by atoms with van der Waals surface area (Å²) >= 11 is 11.9. The molecular formula is C13H15Cl2N3O. The standard InChI is InChI=1S/C13H15Cl2N3O/c1-8(2)16-4-3-12-17-18-13(19-12)9-5-10(14)7-11(15)6-9/h5-8,16H,3-4H2,1-2H3. The van der Waals surface area contributed by atoms with Gasteiger partial charge in [-0.05, 0) is 18.2 Å². The van der Waals surface area contributed by atoms with Crippen LogP contribution in [0.25, 0.3) is 11.5 Å². The van der Waals surface area contributed by atoms with Gasteiger partial charge in [0.05, 0.1) is 0 Å². The molecule has 102 valence electrons. The van der Waals surface area contributed by atoms with E-state index in [-0.39, 0.29) is 0 Å². The zero-order chi connectivity index (χ0) is 13.8. The summed E-state index contributed by atoms with van der Waals surface area (Å²) in [5.74, 6) is 1.03. The molecule has 0 unspecified atom stereocenters. The Labute approximate surface area is 122 Å². The highest BCUT2D eigenvalue weighted by molar-refractivity contribution is 6.35. The Balaban J connectivity index is 2.07. The van der Waals surface area contributed by atoms with Crippen LogP contribution in [0.15, 0.2) is 22.6 Å². The van der Waals surface area contributed by atoms with Gasteiger partial charge in [-0.25, -0.2) is 0 Å². The van der Waals surface area contributed by atoms with E-state index >= 15 is 0 Å². The topological polar surface area (TPSA) is 51.0 Å². The predicted octanol–water partition coefficient (Wildman–Crippen LogP) is 3.58. The van der Waals surface area contributed by atoms with Crippen molar-refractivity contribution in [3.05, 3.63) is 34.1 Å². The highest BCUT2D eigenvalue weighted by Crippen LogP contribution is 2.26. The second kappa shape index (κ2) is 6.37. The molecule has 0 fully saturated rings. The average Bonchev–Trinajstić information content (AvgIpc) is 2.76. The molecule has 0 saturated heterocycles. The Hall–Kier alpha value is -1.10. The first-order chi connectivity index (χ1) is 9.04. The molecule has 0 radical (unpaired) electrons. The molecule has 19 heavy (non-hydrogen) atoms. The highest BCUT2D eigenvalue weighted by Gasteiger charge is 2.10. The number of nitrogens with one attached hydrogen (secondary N) is 1. The molecule has 4 nitrogen and oxygen atoms in total. The zero-order valence-corrected chi connectivity index (χ0v) is 12.3. The maximum Gasteiger partial charge on any atom is 0.247 e. The Bertz CT molecular complexity index is 534. The minimum absolute atomic E-state index is 0.434. The van der Waals surface area contributed by atoms with Crippen molar-refractivity contribution in [2.24, 2.45) is 0 Å². The zero-order valence-electron chi connectivity index (χ0n) is 10.8. The van der Waals surface area contributed by atoms with Gasteiger partial charge in [0, 0.05) is 34.6 Å². The molecule has 1 aromatic carbocycles. The molecule has 2 aromatic rings. The Morgan fingerprint density at radius 3 is 2.47 bits per heavy atom. The van der Waals surface area contributed by atoms with E-state index in [2.05, 4.69) is 29.4 Å². The number of halogens is 2. The Morgan fingerprint density at radius 1 is 1.16 bits per heavy atom. The van der Waals surface area contributed by atoms with Crippen LogP contribution in [0, 0.1) is 0 Å². The SMILES string of the molecule is CC(C)NCCc1nnc(-c2cc(Cl)cc(Cl)c2)o1. The van der Waals surface area contributed by atoms with Crippen molar-refractivity contribution >= 4 is 23.2 Å². The third kappa shape index (κ3) is 4.20. The molecule has 6 heteroatoms. The summed E-state index contributed by atoms with van der Waals surface area (Å²) in [6.07, 6.45) is 0.694. The minimum Gasteiger partial charge on any atom is -0.421 e. The van der Waals surface area contributed by atoms with E-state index in [1.54, 1.807) is 18.2 Å². The van der Waals surface area contributed by atoms with Gasteiger partial charge in [-0.1, -0.05) is 37.0 Å². The highest BCUT2D eigenvalue weighted by atomic mass is 35.5. The second-order valence-electron chi connectivity index (χ2n) is 4.52. The maximum absolute atomic E-state index is 5.94. The van der Waals surface area contributed by atoms with Crippen molar-refractivity contribution in [3.63, 3.8) is 0 Å². The number of hydrogen-bond donors (Lipinski definition) is 1. The Kier molecular flexibility index (Phi) is 4.80. The predicted molar refractivity (Wildman–Crippen MR) is 76.6 cm³/mol. The molecule has 0 amide bonds. The molecule has 2 rings (SSSR count). The third-order valence-corrected chi connectivity index (χ3v) is 2.90. The van der Waals surface area contributed by atoms with Crippen LogP contribution in [-0.2, 0) is 6.42 Å². The molecule has 1 heterocycles. The van der Waals surface area contributed by atoms with Gasteiger partial charge < -0.3 is 9.73 Å². The van der Waals surface area contributed by atoms with Crippen molar-refractivity contribution < 1.29 is 4.42 Å². The van der Waals surface area contributed by atoms with Gasteiger partial charge in [0.2, 0.25) is 11.8 Å². The maximum atomic E-state index is 5.94. The van der Waals surface area contributed by atoms with Crippen molar-refractivity contribution in [2.45, 2.75) is 26.3 Å². The van der Waals surface area contributed by atoms with Gasteiger partial charge in [-0.15, -0.1) is 10.2 Å².